The van der Waals surface area contributed by atoms with Gasteiger partial charge in [0.15, 0.2) is 0 Å². The van der Waals surface area contributed by atoms with Gasteiger partial charge in [-0.25, -0.2) is 5.01 Å². The van der Waals surface area contributed by atoms with Crippen LogP contribution in [0.5, 0.6) is 5.75 Å². The first kappa shape index (κ1) is 30.9. The molecule has 2 saturated heterocycles. The molecule has 0 spiro atoms. The molecule has 9 heteroatoms. The Labute approximate surface area is 260 Å². The summed E-state index contributed by atoms with van der Waals surface area (Å²) >= 11 is 0. The molecular weight excluding hydrogens is 552 g/mol. The highest BCUT2D eigenvalue weighted by molar-refractivity contribution is 5.98. The lowest BCUT2D eigenvalue weighted by atomic mass is 9.71. The van der Waals surface area contributed by atoms with Gasteiger partial charge in [0.2, 0.25) is 5.91 Å². The number of ether oxygens (including phenoxy) is 1. The van der Waals surface area contributed by atoms with E-state index in [0.29, 0.717) is 42.9 Å². The minimum atomic E-state index is -0.626. The maximum atomic E-state index is 14.0. The van der Waals surface area contributed by atoms with Crippen molar-refractivity contribution in [2.75, 3.05) is 51.9 Å². The van der Waals surface area contributed by atoms with Crippen LogP contribution in [0.1, 0.15) is 47.2 Å². The number of amides is 2. The fraction of sp³-hybridized carbons (Fsp3) is 0.371. The molecule has 5 rings (SSSR count). The zero-order valence-electron chi connectivity index (χ0n) is 25.7. The number of methoxy groups -OCH3 is 1. The van der Waals surface area contributed by atoms with Crippen LogP contribution in [0.2, 0.25) is 0 Å². The van der Waals surface area contributed by atoms with Gasteiger partial charge < -0.3 is 20.3 Å². The van der Waals surface area contributed by atoms with Crippen LogP contribution >= 0.6 is 0 Å². The molecule has 2 amide bonds. The summed E-state index contributed by atoms with van der Waals surface area (Å²) in [5.41, 5.74) is 8.57. The van der Waals surface area contributed by atoms with Crippen molar-refractivity contribution in [3.63, 3.8) is 0 Å². The first-order chi connectivity index (χ1) is 21.4. The molecular formula is C35H42N6O3. The summed E-state index contributed by atoms with van der Waals surface area (Å²) in [6.45, 7) is 7.52. The third-order valence-corrected chi connectivity index (χ3v) is 9.48. The lowest BCUT2D eigenvalue weighted by molar-refractivity contribution is -0.125. The Morgan fingerprint density at radius 2 is 1.64 bits per heavy atom. The molecule has 9 nitrogen and oxygen atoms in total. The third kappa shape index (κ3) is 6.10. The summed E-state index contributed by atoms with van der Waals surface area (Å²) in [5, 5.41) is 9.45. The Morgan fingerprint density at radius 3 is 2.23 bits per heavy atom. The van der Waals surface area contributed by atoms with Crippen molar-refractivity contribution >= 4 is 17.5 Å². The highest BCUT2D eigenvalue weighted by Gasteiger charge is 2.44. The van der Waals surface area contributed by atoms with E-state index in [1.807, 2.05) is 47.4 Å². The third-order valence-electron chi connectivity index (χ3n) is 9.48. The maximum absolute atomic E-state index is 14.0. The van der Waals surface area contributed by atoms with Gasteiger partial charge in [-0.1, -0.05) is 72.5 Å². The van der Waals surface area contributed by atoms with E-state index in [0.717, 1.165) is 38.0 Å². The first-order valence-electron chi connectivity index (χ1n) is 15.2. The molecule has 0 bridgehead atoms. The average molecular weight is 595 g/mol. The van der Waals surface area contributed by atoms with Gasteiger partial charge in [0.05, 0.1) is 30.8 Å². The van der Waals surface area contributed by atoms with E-state index >= 15 is 0 Å². The molecule has 2 heterocycles. The number of hydrogen-bond donors (Lipinski definition) is 1. The summed E-state index contributed by atoms with van der Waals surface area (Å²) in [5.74, 6) is 0.187. The van der Waals surface area contributed by atoms with E-state index in [2.05, 4.69) is 46.1 Å². The van der Waals surface area contributed by atoms with E-state index in [1.165, 1.54) is 10.6 Å². The molecule has 3 aromatic rings. The molecule has 0 aromatic heterocycles. The number of carbonyl (C=O) groups is 2. The van der Waals surface area contributed by atoms with Gasteiger partial charge >= 0.3 is 0 Å². The fourth-order valence-corrected chi connectivity index (χ4v) is 6.85. The molecule has 0 saturated carbocycles. The van der Waals surface area contributed by atoms with E-state index in [4.69, 9.17) is 10.5 Å². The van der Waals surface area contributed by atoms with Crippen LogP contribution in [0.25, 0.3) is 0 Å². The van der Waals surface area contributed by atoms with Crippen molar-refractivity contribution in [2.24, 2.45) is 16.1 Å². The summed E-state index contributed by atoms with van der Waals surface area (Å²) in [6.07, 6.45) is 4.70. The number of piperidine rings is 1. The molecule has 230 valence electrons. The van der Waals surface area contributed by atoms with Crippen LogP contribution in [0.4, 0.5) is 5.69 Å². The van der Waals surface area contributed by atoms with Crippen molar-refractivity contribution in [3.05, 3.63) is 108 Å². The standard InChI is InChI=1S/C35H42N6O3/c1-4-41(38-37-2)29-15-16-31(44-3)30(25-29)32(42)40-24-18-34(26-40,27-11-7-5-8-12-27)17-21-39-22-19-35(20-23-39,33(36)43)28-13-9-6-10-14-28/h4-16,25H,1,17-24,26H2,2-3H3,(H2,36,43). The number of anilines is 1. The number of rotatable bonds is 11. The molecule has 3 aromatic carbocycles. The van der Waals surface area contributed by atoms with Crippen molar-refractivity contribution in [2.45, 2.75) is 36.5 Å². The number of likely N-dealkylation sites (tertiary alicyclic amines) is 2. The minimum Gasteiger partial charge on any atom is -0.496 e. The SMILES string of the molecule is C=CN(N=NC)c1ccc(OC)c(C(=O)N2CCC(CCN3CCC(C(N)=O)(c4ccccc4)CC3)(c3ccccc3)C2)c1. The molecule has 1 unspecified atom stereocenters. The highest BCUT2D eigenvalue weighted by Crippen LogP contribution is 2.41. The molecule has 1 atom stereocenters. The average Bonchev–Trinajstić information content (AvgIpc) is 3.52. The topological polar surface area (TPSA) is 104 Å². The van der Waals surface area contributed by atoms with Crippen molar-refractivity contribution in [1.82, 2.24) is 9.80 Å². The van der Waals surface area contributed by atoms with Crippen molar-refractivity contribution in [3.8, 4) is 5.75 Å². The molecule has 2 fully saturated rings. The minimum absolute atomic E-state index is 0.0777. The first-order valence-corrected chi connectivity index (χ1v) is 15.2. The monoisotopic (exact) mass is 594 g/mol. The Hall–Kier alpha value is -4.50. The van der Waals surface area contributed by atoms with Gasteiger partial charge in [-0.15, -0.1) is 0 Å². The Balaban J connectivity index is 1.34. The van der Waals surface area contributed by atoms with Crippen LogP contribution in [0.15, 0.2) is 102 Å². The Kier molecular flexibility index (Phi) is 9.44. The number of carbonyl (C=O) groups excluding carboxylic acids is 2. The molecule has 0 aliphatic carbocycles. The highest BCUT2D eigenvalue weighted by atomic mass is 16.5. The van der Waals surface area contributed by atoms with Crippen molar-refractivity contribution in [1.29, 1.82) is 0 Å². The predicted molar refractivity (Wildman–Crippen MR) is 173 cm³/mol. The summed E-state index contributed by atoms with van der Waals surface area (Å²) in [6, 6.07) is 25.9. The van der Waals surface area contributed by atoms with Gasteiger partial charge in [0, 0.05) is 24.7 Å². The molecule has 0 radical (unpaired) electrons. The zero-order valence-corrected chi connectivity index (χ0v) is 25.7. The number of benzene rings is 3. The van der Waals surface area contributed by atoms with E-state index in [1.54, 1.807) is 32.5 Å². The smallest absolute Gasteiger partial charge is 0.257 e. The van der Waals surface area contributed by atoms with Crippen LogP contribution in [-0.4, -0.2) is 68.5 Å². The number of hydrogen-bond acceptors (Lipinski definition) is 6. The summed E-state index contributed by atoms with van der Waals surface area (Å²) in [4.78, 5) is 31.1. The zero-order chi connectivity index (χ0) is 31.2. The van der Waals surface area contributed by atoms with Gasteiger partial charge in [-0.05, 0) is 74.6 Å². The van der Waals surface area contributed by atoms with Crippen LogP contribution < -0.4 is 15.5 Å². The van der Waals surface area contributed by atoms with Crippen molar-refractivity contribution < 1.29 is 14.3 Å². The molecule has 2 N–H and O–H groups in total. The van der Waals surface area contributed by atoms with Gasteiger partial charge in [-0.3, -0.25) is 9.59 Å². The molecule has 2 aliphatic rings. The fourth-order valence-electron chi connectivity index (χ4n) is 6.85. The normalized spacial score (nSPS) is 20.0. The van der Waals surface area contributed by atoms with Crippen LogP contribution in [-0.2, 0) is 15.6 Å². The van der Waals surface area contributed by atoms with E-state index in [-0.39, 0.29) is 17.2 Å². The lowest BCUT2D eigenvalue weighted by Crippen LogP contribution is -2.50. The van der Waals surface area contributed by atoms with E-state index < -0.39 is 5.41 Å². The van der Waals surface area contributed by atoms with Gasteiger partial charge in [0.25, 0.3) is 5.91 Å². The second-order valence-electron chi connectivity index (χ2n) is 11.7. The molecule has 44 heavy (non-hydrogen) atoms. The van der Waals surface area contributed by atoms with Gasteiger partial charge in [0.1, 0.15) is 5.75 Å². The second kappa shape index (κ2) is 13.4. The molecule has 2 aliphatic heterocycles. The second-order valence-corrected chi connectivity index (χ2v) is 11.7. The Bertz CT molecular complexity index is 1490. The largest absolute Gasteiger partial charge is 0.496 e. The maximum Gasteiger partial charge on any atom is 0.257 e. The van der Waals surface area contributed by atoms with Gasteiger partial charge in [-0.2, -0.15) is 5.11 Å². The van der Waals surface area contributed by atoms with E-state index in [9.17, 15) is 9.59 Å². The number of nitrogens with two attached hydrogens (primary N) is 1. The number of primary amides is 1. The van der Waals surface area contributed by atoms with Crippen LogP contribution in [0.3, 0.4) is 0 Å². The number of nitrogens with zero attached hydrogens (tertiary/aromatic N) is 5. The summed E-state index contributed by atoms with van der Waals surface area (Å²) in [7, 11) is 3.16. The Morgan fingerprint density at radius 1 is 0.977 bits per heavy atom. The van der Waals surface area contributed by atoms with Crippen LogP contribution in [0, 0.1) is 0 Å². The summed E-state index contributed by atoms with van der Waals surface area (Å²) < 4.78 is 5.60. The lowest BCUT2D eigenvalue weighted by Gasteiger charge is -2.41. The predicted octanol–water partition coefficient (Wildman–Crippen LogP) is 5.34. The quantitative estimate of drug-likeness (QED) is 0.239.